The molecule has 2 aromatic rings. The Kier molecular flexibility index (Phi) is 5.73. The standard InChI is InChI=1S/C18H23N3O3/c1-12-5-7-16(11-13(12)2)24-15(4)18(23)19-9-10-21-17(22)8-6-14(3)20-21/h5-8,11,15H,9-10H2,1-4H3,(H,19,23). The molecule has 1 N–H and O–H groups in total. The smallest absolute Gasteiger partial charge is 0.266 e. The molecule has 1 aromatic heterocycles. The molecule has 0 radical (unpaired) electrons. The summed E-state index contributed by atoms with van der Waals surface area (Å²) in [5, 5.41) is 6.88. The van der Waals surface area contributed by atoms with Gasteiger partial charge in [0.1, 0.15) is 5.75 Å². The zero-order valence-electron chi connectivity index (χ0n) is 14.5. The number of hydrogen-bond acceptors (Lipinski definition) is 4. The van der Waals surface area contributed by atoms with Crippen LogP contribution >= 0.6 is 0 Å². The number of benzene rings is 1. The molecule has 0 aliphatic rings. The summed E-state index contributed by atoms with van der Waals surface area (Å²) in [6.07, 6.45) is -0.616. The highest BCUT2D eigenvalue weighted by molar-refractivity contribution is 5.80. The van der Waals surface area contributed by atoms with E-state index >= 15 is 0 Å². The Hall–Kier alpha value is -2.63. The summed E-state index contributed by atoms with van der Waals surface area (Å²) < 4.78 is 7.00. The van der Waals surface area contributed by atoms with Crippen molar-refractivity contribution in [3.8, 4) is 5.75 Å². The molecule has 1 unspecified atom stereocenters. The first kappa shape index (κ1) is 17.7. The number of nitrogens with one attached hydrogen (secondary N) is 1. The number of aryl methyl sites for hydroxylation is 3. The van der Waals surface area contributed by atoms with Crippen LogP contribution in [0.4, 0.5) is 0 Å². The van der Waals surface area contributed by atoms with Crippen LogP contribution in [-0.2, 0) is 11.3 Å². The quantitative estimate of drug-likeness (QED) is 0.876. The Bertz CT molecular complexity index is 783. The van der Waals surface area contributed by atoms with Gasteiger partial charge in [-0.1, -0.05) is 6.07 Å². The molecule has 6 heteroatoms. The van der Waals surface area contributed by atoms with Crippen molar-refractivity contribution in [1.29, 1.82) is 0 Å². The number of carbonyl (C=O) groups excluding carboxylic acids is 1. The second kappa shape index (κ2) is 7.77. The van der Waals surface area contributed by atoms with Gasteiger partial charge in [0.05, 0.1) is 12.2 Å². The second-order valence-corrected chi connectivity index (χ2v) is 5.83. The van der Waals surface area contributed by atoms with Gasteiger partial charge in [0.2, 0.25) is 0 Å². The minimum absolute atomic E-state index is 0.186. The van der Waals surface area contributed by atoms with E-state index in [1.165, 1.54) is 16.3 Å². The first-order valence-corrected chi connectivity index (χ1v) is 7.93. The van der Waals surface area contributed by atoms with Crippen LogP contribution in [0.5, 0.6) is 5.75 Å². The molecule has 0 bridgehead atoms. The predicted octanol–water partition coefficient (Wildman–Crippen LogP) is 1.75. The van der Waals surface area contributed by atoms with E-state index in [1.807, 2.05) is 39.0 Å². The summed E-state index contributed by atoms with van der Waals surface area (Å²) in [5.74, 6) is 0.436. The third-order valence-corrected chi connectivity index (χ3v) is 3.78. The predicted molar refractivity (Wildman–Crippen MR) is 92.2 cm³/mol. The molecule has 0 fully saturated rings. The minimum atomic E-state index is -0.616. The van der Waals surface area contributed by atoms with E-state index in [9.17, 15) is 9.59 Å². The van der Waals surface area contributed by atoms with Crippen LogP contribution in [0.15, 0.2) is 35.1 Å². The van der Waals surface area contributed by atoms with Crippen molar-refractivity contribution in [2.24, 2.45) is 0 Å². The number of amides is 1. The van der Waals surface area contributed by atoms with Gasteiger partial charge in [-0.3, -0.25) is 9.59 Å². The van der Waals surface area contributed by atoms with Crippen molar-refractivity contribution >= 4 is 5.91 Å². The second-order valence-electron chi connectivity index (χ2n) is 5.83. The highest BCUT2D eigenvalue weighted by Gasteiger charge is 2.14. The van der Waals surface area contributed by atoms with E-state index in [0.717, 1.165) is 11.3 Å². The van der Waals surface area contributed by atoms with Crippen LogP contribution < -0.4 is 15.6 Å². The topological polar surface area (TPSA) is 73.2 Å². The van der Waals surface area contributed by atoms with E-state index in [-0.39, 0.29) is 11.5 Å². The molecule has 1 heterocycles. The van der Waals surface area contributed by atoms with E-state index in [0.29, 0.717) is 18.8 Å². The van der Waals surface area contributed by atoms with Gasteiger partial charge in [-0.05, 0) is 57.0 Å². The van der Waals surface area contributed by atoms with E-state index in [4.69, 9.17) is 4.74 Å². The number of nitrogens with zero attached hydrogens (tertiary/aromatic N) is 2. The Morgan fingerprint density at radius 3 is 2.67 bits per heavy atom. The van der Waals surface area contributed by atoms with Crippen LogP contribution in [0.2, 0.25) is 0 Å². The number of ether oxygens (including phenoxy) is 1. The van der Waals surface area contributed by atoms with Gasteiger partial charge in [0, 0.05) is 12.6 Å². The summed E-state index contributed by atoms with van der Waals surface area (Å²) >= 11 is 0. The van der Waals surface area contributed by atoms with Gasteiger partial charge < -0.3 is 10.1 Å². The molecule has 1 amide bonds. The van der Waals surface area contributed by atoms with E-state index in [1.54, 1.807) is 13.0 Å². The number of carbonyl (C=O) groups is 1. The molecule has 1 atom stereocenters. The molecule has 24 heavy (non-hydrogen) atoms. The third-order valence-electron chi connectivity index (χ3n) is 3.78. The molecule has 0 aliphatic heterocycles. The highest BCUT2D eigenvalue weighted by atomic mass is 16.5. The first-order chi connectivity index (χ1) is 11.4. The minimum Gasteiger partial charge on any atom is -0.481 e. The molecule has 0 spiro atoms. The van der Waals surface area contributed by atoms with Gasteiger partial charge in [-0.25, -0.2) is 4.68 Å². The van der Waals surface area contributed by atoms with Crippen LogP contribution in [0.25, 0.3) is 0 Å². The van der Waals surface area contributed by atoms with Crippen LogP contribution in [-0.4, -0.2) is 28.3 Å². The summed E-state index contributed by atoms with van der Waals surface area (Å²) in [5.41, 5.74) is 2.86. The van der Waals surface area contributed by atoms with Gasteiger partial charge in [0.15, 0.2) is 6.10 Å². The van der Waals surface area contributed by atoms with Crippen molar-refractivity contribution in [3.63, 3.8) is 0 Å². The van der Waals surface area contributed by atoms with Crippen LogP contribution in [0.3, 0.4) is 0 Å². The molecule has 6 nitrogen and oxygen atoms in total. The molecular weight excluding hydrogens is 306 g/mol. The van der Waals surface area contributed by atoms with E-state index < -0.39 is 6.10 Å². The van der Waals surface area contributed by atoms with Gasteiger partial charge in [-0.15, -0.1) is 0 Å². The lowest BCUT2D eigenvalue weighted by atomic mass is 10.1. The maximum absolute atomic E-state index is 12.1. The lowest BCUT2D eigenvalue weighted by molar-refractivity contribution is -0.127. The summed E-state index contributed by atoms with van der Waals surface area (Å²) in [4.78, 5) is 23.7. The molecule has 2 rings (SSSR count). The fourth-order valence-corrected chi connectivity index (χ4v) is 2.18. The summed E-state index contributed by atoms with van der Waals surface area (Å²) in [7, 11) is 0. The maximum atomic E-state index is 12.1. The SMILES string of the molecule is Cc1ccc(=O)n(CCNC(=O)C(C)Oc2ccc(C)c(C)c2)n1. The Labute approximate surface area is 141 Å². The van der Waals surface area contributed by atoms with Crippen LogP contribution in [0.1, 0.15) is 23.7 Å². The zero-order valence-corrected chi connectivity index (χ0v) is 14.5. The van der Waals surface area contributed by atoms with Gasteiger partial charge >= 0.3 is 0 Å². The Morgan fingerprint density at radius 1 is 1.21 bits per heavy atom. The monoisotopic (exact) mass is 329 g/mol. The molecule has 0 aliphatic carbocycles. The first-order valence-electron chi connectivity index (χ1n) is 7.93. The van der Waals surface area contributed by atoms with E-state index in [2.05, 4.69) is 10.4 Å². The van der Waals surface area contributed by atoms with Crippen molar-refractivity contribution in [3.05, 3.63) is 57.5 Å². The normalized spacial score (nSPS) is 11.8. The summed E-state index contributed by atoms with van der Waals surface area (Å²) in [6, 6.07) is 8.86. The number of aromatic nitrogens is 2. The van der Waals surface area contributed by atoms with Crippen molar-refractivity contribution in [1.82, 2.24) is 15.1 Å². The van der Waals surface area contributed by atoms with Crippen molar-refractivity contribution in [2.45, 2.75) is 40.3 Å². The third kappa shape index (κ3) is 4.68. The molecule has 128 valence electrons. The molecule has 1 aromatic carbocycles. The van der Waals surface area contributed by atoms with Crippen molar-refractivity contribution < 1.29 is 9.53 Å². The highest BCUT2D eigenvalue weighted by Crippen LogP contribution is 2.17. The lowest BCUT2D eigenvalue weighted by Crippen LogP contribution is -2.39. The number of rotatable bonds is 6. The van der Waals surface area contributed by atoms with Crippen molar-refractivity contribution in [2.75, 3.05) is 6.54 Å². The number of hydrogen-bond donors (Lipinski definition) is 1. The maximum Gasteiger partial charge on any atom is 0.266 e. The van der Waals surface area contributed by atoms with Gasteiger partial charge in [-0.2, -0.15) is 5.10 Å². The average Bonchev–Trinajstić information content (AvgIpc) is 2.54. The lowest BCUT2D eigenvalue weighted by Gasteiger charge is -2.15. The largest absolute Gasteiger partial charge is 0.481 e. The average molecular weight is 329 g/mol. The zero-order chi connectivity index (χ0) is 17.7. The molecular formula is C18H23N3O3. The Balaban J connectivity index is 1.86. The fraction of sp³-hybridized carbons (Fsp3) is 0.389. The molecule has 0 saturated heterocycles. The molecule has 0 saturated carbocycles. The fourth-order valence-electron chi connectivity index (χ4n) is 2.18. The van der Waals surface area contributed by atoms with Gasteiger partial charge in [0.25, 0.3) is 11.5 Å². The summed E-state index contributed by atoms with van der Waals surface area (Å²) in [6.45, 7) is 8.17. The Morgan fingerprint density at radius 2 is 1.96 bits per heavy atom. The van der Waals surface area contributed by atoms with Crippen LogP contribution in [0, 0.1) is 20.8 Å².